The molecule has 0 aromatic heterocycles. The average molecular weight is 463 g/mol. The van der Waals surface area contributed by atoms with Crippen molar-refractivity contribution in [3.05, 3.63) is 89.5 Å². The Morgan fingerprint density at radius 1 is 0.706 bits per heavy atom. The minimum absolute atomic E-state index is 0.331. The maximum Gasteiger partial charge on any atom is 0.347 e. The van der Waals surface area contributed by atoms with Gasteiger partial charge in [-0.05, 0) is 59.5 Å². The molecule has 0 radical (unpaired) electrons. The summed E-state index contributed by atoms with van der Waals surface area (Å²) >= 11 is 0. The van der Waals surface area contributed by atoms with Gasteiger partial charge in [-0.1, -0.05) is 49.7 Å². The minimum Gasteiger partial charge on any atom is -0.497 e. The predicted octanol–water partition coefficient (Wildman–Crippen LogP) is 5.23. The number of methoxy groups -OCH3 is 3. The summed E-state index contributed by atoms with van der Waals surface area (Å²) in [5, 5.41) is 0. The number of carbonyl (C=O) groups excluding carboxylic acids is 1. The summed E-state index contributed by atoms with van der Waals surface area (Å²) < 4.78 is 28.4. The minimum atomic E-state index is -1.35. The largest absolute Gasteiger partial charge is 0.497 e. The van der Waals surface area contributed by atoms with Crippen molar-refractivity contribution in [2.24, 2.45) is 0 Å². The predicted molar refractivity (Wildman–Crippen MR) is 128 cm³/mol. The molecule has 1 unspecified atom stereocenters. The second-order valence-electron chi connectivity index (χ2n) is 8.14. The number of carbonyl (C=O) groups is 1. The lowest BCUT2D eigenvalue weighted by atomic mass is 9.77. The van der Waals surface area contributed by atoms with Crippen molar-refractivity contribution in [3.8, 4) is 17.2 Å². The van der Waals surface area contributed by atoms with E-state index >= 15 is 0 Å². The Balaban J connectivity index is 1.89. The maximum absolute atomic E-state index is 13.7. The van der Waals surface area contributed by atoms with Gasteiger partial charge < -0.3 is 23.7 Å². The van der Waals surface area contributed by atoms with Gasteiger partial charge in [0.05, 0.1) is 27.9 Å². The zero-order valence-corrected chi connectivity index (χ0v) is 20.0. The summed E-state index contributed by atoms with van der Waals surface area (Å²) in [5.74, 6) is 1.71. The highest BCUT2D eigenvalue weighted by atomic mass is 16.7. The third-order valence-corrected chi connectivity index (χ3v) is 6.27. The Kier molecular flexibility index (Phi) is 6.80. The van der Waals surface area contributed by atoms with Crippen molar-refractivity contribution < 1.29 is 28.5 Å². The third-order valence-electron chi connectivity index (χ3n) is 6.27. The molecule has 34 heavy (non-hydrogen) atoms. The fourth-order valence-electron chi connectivity index (χ4n) is 4.35. The molecule has 1 aliphatic rings. The van der Waals surface area contributed by atoms with E-state index in [0.717, 1.165) is 35.5 Å². The highest BCUT2D eigenvalue weighted by molar-refractivity contribution is 5.89. The van der Waals surface area contributed by atoms with Gasteiger partial charge in [-0.2, -0.15) is 0 Å². The molecule has 0 saturated carbocycles. The van der Waals surface area contributed by atoms with E-state index in [1.807, 2.05) is 72.8 Å². The van der Waals surface area contributed by atoms with E-state index in [9.17, 15) is 4.79 Å². The van der Waals surface area contributed by atoms with E-state index in [-0.39, 0.29) is 0 Å². The van der Waals surface area contributed by atoms with E-state index in [4.69, 9.17) is 23.7 Å². The van der Waals surface area contributed by atoms with Gasteiger partial charge in [-0.15, -0.1) is 0 Å². The van der Waals surface area contributed by atoms with E-state index < -0.39 is 17.2 Å². The molecule has 0 aliphatic carbocycles. The van der Waals surface area contributed by atoms with Gasteiger partial charge in [0.2, 0.25) is 5.60 Å². The van der Waals surface area contributed by atoms with Gasteiger partial charge in [0.1, 0.15) is 17.2 Å². The molecule has 1 heterocycles. The lowest BCUT2D eigenvalue weighted by Gasteiger charge is -2.21. The van der Waals surface area contributed by atoms with Crippen molar-refractivity contribution in [1.82, 2.24) is 0 Å². The number of benzene rings is 3. The Hall–Kier alpha value is -3.51. The summed E-state index contributed by atoms with van der Waals surface area (Å²) in [5.41, 5.74) is -0.0931. The first-order valence-electron chi connectivity index (χ1n) is 11.4. The van der Waals surface area contributed by atoms with Crippen LogP contribution in [0.4, 0.5) is 0 Å². The molecule has 4 rings (SSSR count). The molecule has 6 nitrogen and oxygen atoms in total. The van der Waals surface area contributed by atoms with Gasteiger partial charge >= 0.3 is 5.97 Å². The second kappa shape index (κ2) is 9.77. The SMILES string of the molecule is CCCCOC(=O)C1(c2ccc(OC)cc2)OC1(c1ccc(OC)cc1)c1ccc(OC)cc1. The van der Waals surface area contributed by atoms with Crippen LogP contribution in [-0.2, 0) is 25.5 Å². The van der Waals surface area contributed by atoms with Crippen LogP contribution in [0, 0.1) is 0 Å². The molecule has 0 amide bonds. The lowest BCUT2D eigenvalue weighted by molar-refractivity contribution is -0.150. The first kappa shape index (κ1) is 23.6. The smallest absolute Gasteiger partial charge is 0.347 e. The Labute approximate surface area is 200 Å². The summed E-state index contributed by atoms with van der Waals surface area (Å²) in [7, 11) is 4.85. The number of hydrogen-bond donors (Lipinski definition) is 0. The molecule has 0 spiro atoms. The standard InChI is InChI=1S/C28H30O6/c1-5-6-19-33-26(29)28(22-11-17-25(32-4)18-12-22)27(34-28,20-7-13-23(30-2)14-8-20)21-9-15-24(31-3)16-10-21/h7-18H,5-6,19H2,1-4H3. The first-order valence-corrected chi connectivity index (χ1v) is 11.4. The van der Waals surface area contributed by atoms with Crippen molar-refractivity contribution in [3.63, 3.8) is 0 Å². The Bertz CT molecular complexity index is 1060. The third kappa shape index (κ3) is 3.88. The Morgan fingerprint density at radius 3 is 1.50 bits per heavy atom. The van der Waals surface area contributed by atoms with Gasteiger partial charge in [0, 0.05) is 0 Å². The van der Waals surface area contributed by atoms with E-state index in [0.29, 0.717) is 17.9 Å². The normalized spacial score (nSPS) is 18.1. The van der Waals surface area contributed by atoms with Crippen LogP contribution >= 0.6 is 0 Å². The molecular formula is C28H30O6. The van der Waals surface area contributed by atoms with Crippen LogP contribution in [0.3, 0.4) is 0 Å². The second-order valence-corrected chi connectivity index (χ2v) is 8.14. The summed E-state index contributed by atoms with van der Waals surface area (Å²) in [6, 6.07) is 22.5. The highest BCUT2D eigenvalue weighted by Crippen LogP contribution is 2.66. The van der Waals surface area contributed by atoms with Crippen LogP contribution in [0.15, 0.2) is 72.8 Å². The molecule has 178 valence electrons. The maximum atomic E-state index is 13.7. The van der Waals surface area contributed by atoms with Crippen LogP contribution < -0.4 is 14.2 Å². The molecule has 0 N–H and O–H groups in total. The molecular weight excluding hydrogens is 432 g/mol. The van der Waals surface area contributed by atoms with Crippen molar-refractivity contribution in [2.75, 3.05) is 27.9 Å². The molecule has 0 bridgehead atoms. The molecule has 3 aromatic rings. The first-order chi connectivity index (χ1) is 16.5. The quantitative estimate of drug-likeness (QED) is 0.234. The molecule has 6 heteroatoms. The molecule has 1 atom stereocenters. The lowest BCUT2D eigenvalue weighted by Crippen LogP contribution is -2.33. The molecule has 3 aromatic carbocycles. The topological polar surface area (TPSA) is 66.5 Å². The molecule has 1 saturated heterocycles. The zero-order chi connectivity index (χ0) is 24.2. The van der Waals surface area contributed by atoms with Crippen LogP contribution in [0.2, 0.25) is 0 Å². The van der Waals surface area contributed by atoms with Crippen molar-refractivity contribution in [2.45, 2.75) is 31.0 Å². The highest BCUT2D eigenvalue weighted by Gasteiger charge is 2.78. The molecule has 1 aliphatic heterocycles. The number of esters is 1. The van der Waals surface area contributed by atoms with Crippen LogP contribution in [0.25, 0.3) is 0 Å². The van der Waals surface area contributed by atoms with Gasteiger partial charge in [-0.3, -0.25) is 0 Å². The zero-order valence-electron chi connectivity index (χ0n) is 20.0. The van der Waals surface area contributed by atoms with Gasteiger partial charge in [0.15, 0.2) is 5.60 Å². The van der Waals surface area contributed by atoms with Gasteiger partial charge in [0.25, 0.3) is 0 Å². The fourth-order valence-corrected chi connectivity index (χ4v) is 4.35. The Morgan fingerprint density at radius 2 is 1.12 bits per heavy atom. The van der Waals surface area contributed by atoms with Crippen LogP contribution in [0.1, 0.15) is 36.5 Å². The summed E-state index contributed by atoms with van der Waals surface area (Å²) in [6.45, 7) is 2.39. The monoisotopic (exact) mass is 462 g/mol. The summed E-state index contributed by atoms with van der Waals surface area (Å²) in [6.07, 6.45) is 1.70. The number of rotatable bonds is 10. The number of hydrogen-bond acceptors (Lipinski definition) is 6. The fraction of sp³-hybridized carbons (Fsp3) is 0.321. The average Bonchev–Trinajstić information content (AvgIpc) is 3.61. The van der Waals surface area contributed by atoms with Crippen molar-refractivity contribution >= 4 is 5.97 Å². The van der Waals surface area contributed by atoms with Gasteiger partial charge in [-0.25, -0.2) is 4.79 Å². The molecule has 1 fully saturated rings. The number of ether oxygens (including phenoxy) is 5. The summed E-state index contributed by atoms with van der Waals surface area (Å²) in [4.78, 5) is 13.7. The van der Waals surface area contributed by atoms with Crippen LogP contribution in [-0.4, -0.2) is 33.9 Å². The van der Waals surface area contributed by atoms with Crippen LogP contribution in [0.5, 0.6) is 17.2 Å². The number of unbranched alkanes of at least 4 members (excludes halogenated alkanes) is 1. The van der Waals surface area contributed by atoms with E-state index in [1.54, 1.807) is 21.3 Å². The van der Waals surface area contributed by atoms with Crippen molar-refractivity contribution in [1.29, 1.82) is 0 Å². The van der Waals surface area contributed by atoms with E-state index in [1.165, 1.54) is 0 Å². The van der Waals surface area contributed by atoms with E-state index in [2.05, 4.69) is 6.92 Å². The number of epoxide rings is 1.